The Hall–Kier alpha value is -1.75. The van der Waals surface area contributed by atoms with Crippen LogP contribution in [0, 0.1) is 0 Å². The number of aromatic nitrogens is 3. The molecule has 1 aliphatic heterocycles. The second kappa shape index (κ2) is 14.3. The fourth-order valence-corrected chi connectivity index (χ4v) is 3.90. The van der Waals surface area contributed by atoms with Crippen molar-refractivity contribution >= 4 is 8.73 Å². The largest absolute Gasteiger partial charge is 0.400 e. The molecule has 11 nitrogen and oxygen atoms in total. The molecule has 1 aliphatic rings. The summed E-state index contributed by atoms with van der Waals surface area (Å²) in [6.07, 6.45) is 7.83. The van der Waals surface area contributed by atoms with Crippen molar-refractivity contribution in [2.45, 2.75) is 32.4 Å². The molecular formula is C18H35N8O3P. The Labute approximate surface area is 179 Å². The molecule has 0 amide bonds. The van der Waals surface area contributed by atoms with Crippen LogP contribution >= 0.6 is 8.73 Å². The lowest BCUT2D eigenvalue weighted by atomic mass is 10.3. The van der Waals surface area contributed by atoms with Crippen molar-refractivity contribution in [1.82, 2.24) is 35.4 Å². The SMILES string of the molecule is N/C(=C\NCCCO)CN(CC1=CN(CCCO)NP1)Cc1cn(CCCO)nn1. The van der Waals surface area contributed by atoms with E-state index < -0.39 is 0 Å². The van der Waals surface area contributed by atoms with E-state index in [9.17, 15) is 0 Å². The molecule has 1 unspecified atom stereocenters. The van der Waals surface area contributed by atoms with Crippen LogP contribution in [0.3, 0.4) is 0 Å². The highest BCUT2D eigenvalue weighted by Gasteiger charge is 2.17. The molecule has 0 bridgehead atoms. The van der Waals surface area contributed by atoms with Crippen molar-refractivity contribution in [1.29, 1.82) is 0 Å². The lowest BCUT2D eigenvalue weighted by Gasteiger charge is -2.21. The van der Waals surface area contributed by atoms with Gasteiger partial charge >= 0.3 is 0 Å². The number of aliphatic hydroxyl groups is 3. The van der Waals surface area contributed by atoms with Gasteiger partial charge in [-0.05, 0) is 33.3 Å². The molecule has 7 N–H and O–H groups in total. The van der Waals surface area contributed by atoms with Crippen LogP contribution in [0.15, 0.2) is 29.6 Å². The third-order valence-electron chi connectivity index (χ3n) is 4.31. The Bertz CT molecular complexity index is 670. The van der Waals surface area contributed by atoms with Gasteiger partial charge in [0, 0.05) is 83.4 Å². The number of hydrogen-bond acceptors (Lipinski definition) is 10. The van der Waals surface area contributed by atoms with Gasteiger partial charge in [-0.3, -0.25) is 9.58 Å². The molecule has 170 valence electrons. The summed E-state index contributed by atoms with van der Waals surface area (Å²) in [6, 6.07) is 0. The van der Waals surface area contributed by atoms with Gasteiger partial charge in [-0.1, -0.05) is 5.21 Å². The standard InChI is InChI=1S/C18H35N8O3P/c19-16(10-20-4-1-7-27)11-24(12-17-13-25(22-21-17)5-2-8-28)14-18-15-26(23-30-18)6-3-9-29/h10,13,15,20,23,27-30H,1-9,11-12,14,19H2/b16-10-. The predicted molar refractivity (Wildman–Crippen MR) is 117 cm³/mol. The van der Waals surface area contributed by atoms with Gasteiger partial charge in [0.25, 0.3) is 0 Å². The third kappa shape index (κ3) is 9.38. The summed E-state index contributed by atoms with van der Waals surface area (Å²) >= 11 is 0. The summed E-state index contributed by atoms with van der Waals surface area (Å²) in [5.74, 6) is 0. The monoisotopic (exact) mass is 442 g/mol. The van der Waals surface area contributed by atoms with Crippen LogP contribution in [0.1, 0.15) is 25.0 Å². The summed E-state index contributed by atoms with van der Waals surface area (Å²) in [5, 5.41) is 45.0. The van der Waals surface area contributed by atoms with Crippen LogP contribution in [0.4, 0.5) is 0 Å². The minimum atomic E-state index is 0.126. The highest BCUT2D eigenvalue weighted by Crippen LogP contribution is 2.27. The molecule has 0 saturated heterocycles. The van der Waals surface area contributed by atoms with Crippen LogP contribution in [-0.4, -0.2) is 86.2 Å². The smallest absolute Gasteiger partial charge is 0.0967 e. The fourth-order valence-electron chi connectivity index (χ4n) is 2.92. The van der Waals surface area contributed by atoms with Gasteiger partial charge in [-0.2, -0.15) is 0 Å². The van der Waals surface area contributed by atoms with E-state index in [0.717, 1.165) is 25.2 Å². The van der Waals surface area contributed by atoms with E-state index in [1.54, 1.807) is 10.9 Å². The molecule has 0 radical (unpaired) electrons. The van der Waals surface area contributed by atoms with Gasteiger partial charge in [0.15, 0.2) is 0 Å². The second-order valence-corrected chi connectivity index (χ2v) is 8.22. The average molecular weight is 443 g/mol. The molecule has 0 aromatic carbocycles. The molecular weight excluding hydrogens is 407 g/mol. The first-order valence-electron chi connectivity index (χ1n) is 10.3. The molecule has 12 heteroatoms. The highest BCUT2D eigenvalue weighted by atomic mass is 31.1. The predicted octanol–water partition coefficient (Wildman–Crippen LogP) is -1.13. The molecule has 1 aromatic rings. The number of rotatable bonds is 16. The topological polar surface area (TPSA) is 148 Å². The van der Waals surface area contributed by atoms with E-state index in [4.69, 9.17) is 21.1 Å². The van der Waals surface area contributed by atoms with Crippen molar-refractivity contribution in [3.8, 4) is 0 Å². The van der Waals surface area contributed by atoms with Crippen molar-refractivity contribution < 1.29 is 15.3 Å². The van der Waals surface area contributed by atoms with Gasteiger partial charge in [-0.15, -0.1) is 5.10 Å². The number of aliphatic hydroxyl groups excluding tert-OH is 3. The van der Waals surface area contributed by atoms with E-state index in [-0.39, 0.29) is 19.8 Å². The van der Waals surface area contributed by atoms with E-state index in [0.29, 0.717) is 53.4 Å². The van der Waals surface area contributed by atoms with Crippen LogP contribution in [0.5, 0.6) is 0 Å². The van der Waals surface area contributed by atoms with Crippen molar-refractivity contribution in [3.63, 3.8) is 0 Å². The number of hydrazine groups is 1. The summed E-state index contributed by atoms with van der Waals surface area (Å²) in [4.78, 5) is 2.20. The lowest BCUT2D eigenvalue weighted by molar-refractivity contribution is 0.252. The van der Waals surface area contributed by atoms with Gasteiger partial charge in [0.2, 0.25) is 0 Å². The van der Waals surface area contributed by atoms with Crippen LogP contribution in [0.2, 0.25) is 0 Å². The van der Waals surface area contributed by atoms with Gasteiger partial charge in [0.05, 0.1) is 5.69 Å². The summed E-state index contributed by atoms with van der Waals surface area (Å²) < 4.78 is 1.74. The van der Waals surface area contributed by atoms with Crippen LogP contribution < -0.4 is 16.2 Å². The number of nitrogens with one attached hydrogen (secondary N) is 2. The minimum absolute atomic E-state index is 0.126. The molecule has 0 saturated carbocycles. The first-order chi connectivity index (χ1) is 14.6. The first-order valence-corrected chi connectivity index (χ1v) is 11.3. The summed E-state index contributed by atoms with van der Waals surface area (Å²) in [5.41, 5.74) is 7.75. The molecule has 0 spiro atoms. The zero-order valence-electron chi connectivity index (χ0n) is 17.4. The Morgan fingerprint density at radius 2 is 1.93 bits per heavy atom. The van der Waals surface area contributed by atoms with Crippen molar-refractivity contribution in [2.75, 3.05) is 46.0 Å². The number of nitrogens with zero attached hydrogens (tertiary/aromatic N) is 5. The zero-order valence-corrected chi connectivity index (χ0v) is 18.4. The molecule has 2 heterocycles. The van der Waals surface area contributed by atoms with Gasteiger partial charge in [0.1, 0.15) is 0 Å². The van der Waals surface area contributed by atoms with Crippen LogP contribution in [-0.2, 0) is 13.1 Å². The maximum atomic E-state index is 9.01. The van der Waals surface area contributed by atoms with Crippen LogP contribution in [0.25, 0.3) is 0 Å². The van der Waals surface area contributed by atoms with Gasteiger partial charge in [-0.25, -0.2) is 5.20 Å². The number of aryl methyl sites for hydroxylation is 1. The Morgan fingerprint density at radius 3 is 2.70 bits per heavy atom. The molecule has 1 aromatic heterocycles. The maximum absolute atomic E-state index is 9.01. The molecule has 2 rings (SSSR count). The highest BCUT2D eigenvalue weighted by molar-refractivity contribution is 7.41. The number of nitrogens with two attached hydrogens (primary N) is 1. The lowest BCUT2D eigenvalue weighted by Crippen LogP contribution is -2.30. The van der Waals surface area contributed by atoms with Crippen molar-refractivity contribution in [3.05, 3.63) is 35.3 Å². The van der Waals surface area contributed by atoms with Gasteiger partial charge < -0.3 is 31.4 Å². The average Bonchev–Trinajstić information content (AvgIpc) is 3.37. The molecule has 0 fully saturated rings. The Kier molecular flexibility index (Phi) is 11.7. The van der Waals surface area contributed by atoms with E-state index >= 15 is 0 Å². The molecule has 1 atom stereocenters. The number of hydrogen-bond donors (Lipinski definition) is 6. The van der Waals surface area contributed by atoms with Crippen molar-refractivity contribution in [2.24, 2.45) is 5.73 Å². The molecule has 0 aliphatic carbocycles. The quantitative estimate of drug-likeness (QED) is 0.137. The Morgan fingerprint density at radius 1 is 1.17 bits per heavy atom. The zero-order chi connectivity index (χ0) is 21.6. The minimum Gasteiger partial charge on any atom is -0.400 e. The summed E-state index contributed by atoms with van der Waals surface area (Å²) in [6.45, 7) is 4.42. The second-order valence-electron chi connectivity index (χ2n) is 7.11. The maximum Gasteiger partial charge on any atom is 0.0967 e. The fraction of sp³-hybridized carbons (Fsp3) is 0.667. The van der Waals surface area contributed by atoms with E-state index in [2.05, 4.69) is 31.9 Å². The summed E-state index contributed by atoms with van der Waals surface area (Å²) in [7, 11) is 0.488. The Balaban J connectivity index is 1.98. The van der Waals surface area contributed by atoms with E-state index in [1.807, 2.05) is 11.2 Å². The normalized spacial score (nSPS) is 15.4. The third-order valence-corrected chi connectivity index (χ3v) is 5.32. The molecule has 30 heavy (non-hydrogen) atoms. The first kappa shape index (κ1) is 24.5. The van der Waals surface area contributed by atoms with E-state index in [1.165, 1.54) is 5.31 Å².